The normalized spacial score (nSPS) is 16.5. The van der Waals surface area contributed by atoms with Gasteiger partial charge in [0.25, 0.3) is 0 Å². The smallest absolute Gasteiger partial charge is 0.484 e. The van der Waals surface area contributed by atoms with Gasteiger partial charge in [-0.2, -0.15) is 0 Å². The fourth-order valence-corrected chi connectivity index (χ4v) is 3.27. The monoisotopic (exact) mass is 410 g/mol. The molecule has 0 aliphatic carbocycles. The number of hydrogen-bond donors (Lipinski definition) is 2. The van der Waals surface area contributed by atoms with Crippen LogP contribution in [0, 0.1) is 5.82 Å². The second kappa shape index (κ2) is 7.02. The molecule has 140 valence electrons. The minimum absolute atomic E-state index is 0.123. The molecule has 0 unspecified atom stereocenters. The van der Waals surface area contributed by atoms with Crippen LogP contribution in [0.2, 0.25) is 10.0 Å². The largest absolute Gasteiger partial charge is 0.573 e. The van der Waals surface area contributed by atoms with Crippen LogP contribution in [0.25, 0.3) is 11.1 Å². The van der Waals surface area contributed by atoms with Gasteiger partial charge in [-0.25, -0.2) is 4.39 Å². The topological polar surface area (TPSA) is 56.5 Å². The zero-order chi connectivity index (χ0) is 19.1. The standard InChI is InChI=1S/C16H12Cl2F4N2O2/c17-11-3-8(26-16(20,21)22)4-12(18)14(11)10-1-7(19)2-13-15(10)25-9(5-23)6-24-13/h1-4,9,24H,5-6,23H2/t9-/m1/s1. The summed E-state index contributed by atoms with van der Waals surface area (Å²) in [6.07, 6.45) is -5.26. The first-order chi connectivity index (χ1) is 12.2. The van der Waals surface area contributed by atoms with Crippen LogP contribution in [0.4, 0.5) is 23.2 Å². The van der Waals surface area contributed by atoms with E-state index in [9.17, 15) is 17.6 Å². The van der Waals surface area contributed by atoms with E-state index in [-0.39, 0.29) is 39.6 Å². The highest BCUT2D eigenvalue weighted by molar-refractivity contribution is 6.39. The Labute approximate surface area is 155 Å². The van der Waals surface area contributed by atoms with Gasteiger partial charge in [-0.15, -0.1) is 13.2 Å². The van der Waals surface area contributed by atoms with Crippen molar-refractivity contribution in [3.8, 4) is 22.6 Å². The Morgan fingerprint density at radius 3 is 2.42 bits per heavy atom. The maximum absolute atomic E-state index is 14.0. The Balaban J connectivity index is 2.11. The van der Waals surface area contributed by atoms with Crippen LogP contribution in [-0.2, 0) is 0 Å². The van der Waals surface area contributed by atoms with E-state index in [0.29, 0.717) is 12.2 Å². The van der Waals surface area contributed by atoms with Gasteiger partial charge in [-0.05, 0) is 18.2 Å². The van der Waals surface area contributed by atoms with E-state index in [1.54, 1.807) is 0 Å². The first kappa shape index (κ1) is 18.9. The third kappa shape index (κ3) is 3.92. The van der Waals surface area contributed by atoms with Crippen molar-refractivity contribution in [3.63, 3.8) is 0 Å². The lowest BCUT2D eigenvalue weighted by Crippen LogP contribution is -2.37. The number of ether oxygens (including phenoxy) is 2. The van der Waals surface area contributed by atoms with Crippen LogP contribution >= 0.6 is 23.2 Å². The quantitative estimate of drug-likeness (QED) is 0.711. The number of rotatable bonds is 3. The number of nitrogens with two attached hydrogens (primary N) is 1. The molecular formula is C16H12Cl2F4N2O2. The number of hydrogen-bond acceptors (Lipinski definition) is 4. The molecule has 1 heterocycles. The summed E-state index contributed by atoms with van der Waals surface area (Å²) in [4.78, 5) is 0. The minimum atomic E-state index is -4.90. The molecule has 0 amide bonds. The Hall–Kier alpha value is -1.90. The maximum Gasteiger partial charge on any atom is 0.573 e. The van der Waals surface area contributed by atoms with Gasteiger partial charge in [-0.1, -0.05) is 23.2 Å². The number of anilines is 1. The molecule has 0 spiro atoms. The third-order valence-corrected chi connectivity index (χ3v) is 4.24. The van der Waals surface area contributed by atoms with Gasteiger partial charge in [0, 0.05) is 23.7 Å². The lowest BCUT2D eigenvalue weighted by molar-refractivity contribution is -0.274. The van der Waals surface area contributed by atoms with Gasteiger partial charge in [0.15, 0.2) is 5.75 Å². The molecule has 3 N–H and O–H groups in total. The van der Waals surface area contributed by atoms with Crippen LogP contribution in [0.15, 0.2) is 24.3 Å². The van der Waals surface area contributed by atoms with Crippen LogP contribution in [0.5, 0.6) is 11.5 Å². The second-order valence-electron chi connectivity index (χ2n) is 5.50. The first-order valence-corrected chi connectivity index (χ1v) is 8.13. The highest BCUT2D eigenvalue weighted by Gasteiger charge is 2.32. The molecule has 0 aromatic heterocycles. The maximum atomic E-state index is 14.0. The van der Waals surface area contributed by atoms with Gasteiger partial charge in [0.2, 0.25) is 0 Å². The molecule has 1 aliphatic rings. The minimum Gasteiger partial charge on any atom is -0.484 e. The Morgan fingerprint density at radius 1 is 1.19 bits per heavy atom. The van der Waals surface area contributed by atoms with Gasteiger partial charge in [-0.3, -0.25) is 0 Å². The van der Waals surface area contributed by atoms with Crippen molar-refractivity contribution in [2.75, 3.05) is 18.4 Å². The van der Waals surface area contributed by atoms with Crippen LogP contribution in [0.1, 0.15) is 0 Å². The predicted octanol–water partition coefficient (Wildman–Crippen LogP) is 4.83. The van der Waals surface area contributed by atoms with Gasteiger partial charge in [0.05, 0.1) is 22.3 Å². The van der Waals surface area contributed by atoms with E-state index in [1.165, 1.54) is 6.07 Å². The fourth-order valence-electron chi connectivity index (χ4n) is 2.60. The average molecular weight is 411 g/mol. The molecule has 3 rings (SSSR count). The lowest BCUT2D eigenvalue weighted by atomic mass is 10.0. The van der Waals surface area contributed by atoms with Crippen molar-refractivity contribution in [3.05, 3.63) is 40.1 Å². The zero-order valence-electron chi connectivity index (χ0n) is 13.0. The van der Waals surface area contributed by atoms with E-state index in [2.05, 4.69) is 10.1 Å². The zero-order valence-corrected chi connectivity index (χ0v) is 14.5. The molecule has 2 aromatic carbocycles. The van der Waals surface area contributed by atoms with E-state index in [4.69, 9.17) is 33.7 Å². The average Bonchev–Trinajstić information content (AvgIpc) is 2.52. The Bertz CT molecular complexity index is 823. The van der Waals surface area contributed by atoms with E-state index in [0.717, 1.165) is 18.2 Å². The summed E-state index contributed by atoms with van der Waals surface area (Å²) in [5.74, 6) is -0.911. The van der Waals surface area contributed by atoms with E-state index < -0.39 is 17.9 Å². The number of halogens is 6. The fraction of sp³-hybridized carbons (Fsp3) is 0.250. The molecule has 0 bridgehead atoms. The molecule has 4 nitrogen and oxygen atoms in total. The van der Waals surface area contributed by atoms with Gasteiger partial charge < -0.3 is 20.5 Å². The lowest BCUT2D eigenvalue weighted by Gasteiger charge is -2.29. The van der Waals surface area contributed by atoms with E-state index in [1.807, 2.05) is 0 Å². The summed E-state index contributed by atoms with van der Waals surface area (Å²) in [7, 11) is 0. The summed E-state index contributed by atoms with van der Waals surface area (Å²) in [5, 5.41) is 2.69. The summed E-state index contributed by atoms with van der Waals surface area (Å²) < 4.78 is 60.8. The van der Waals surface area contributed by atoms with Crippen LogP contribution in [-0.4, -0.2) is 25.6 Å². The molecule has 0 radical (unpaired) electrons. The predicted molar refractivity (Wildman–Crippen MR) is 90.5 cm³/mol. The summed E-state index contributed by atoms with van der Waals surface area (Å²) in [5.41, 5.74) is 6.29. The number of fused-ring (bicyclic) bond motifs is 1. The van der Waals surface area contributed by atoms with Crippen molar-refractivity contribution in [2.45, 2.75) is 12.5 Å². The van der Waals surface area contributed by atoms with Crippen molar-refractivity contribution in [1.29, 1.82) is 0 Å². The second-order valence-corrected chi connectivity index (χ2v) is 6.31. The Kier molecular flexibility index (Phi) is 5.09. The number of benzene rings is 2. The molecular weight excluding hydrogens is 399 g/mol. The highest BCUT2D eigenvalue weighted by Crippen LogP contribution is 2.46. The SMILES string of the molecule is NC[C@@H]1CNc2cc(F)cc(-c3c(Cl)cc(OC(F)(F)F)cc3Cl)c2O1. The first-order valence-electron chi connectivity index (χ1n) is 7.37. The van der Waals surface area contributed by atoms with Crippen LogP contribution < -0.4 is 20.5 Å². The molecule has 1 atom stereocenters. The molecule has 10 heteroatoms. The van der Waals surface area contributed by atoms with Crippen molar-refractivity contribution in [1.82, 2.24) is 0 Å². The van der Waals surface area contributed by atoms with Crippen molar-refractivity contribution >= 4 is 28.9 Å². The summed E-state index contributed by atoms with van der Waals surface area (Å²) in [6, 6.07) is 4.26. The molecule has 0 saturated heterocycles. The number of nitrogens with one attached hydrogen (secondary N) is 1. The molecule has 0 fully saturated rings. The number of alkyl halides is 3. The highest BCUT2D eigenvalue weighted by atomic mass is 35.5. The van der Waals surface area contributed by atoms with Gasteiger partial charge >= 0.3 is 6.36 Å². The van der Waals surface area contributed by atoms with Crippen molar-refractivity contribution < 1.29 is 27.0 Å². The Morgan fingerprint density at radius 2 is 1.85 bits per heavy atom. The summed E-state index contributed by atoms with van der Waals surface area (Å²) in [6.45, 7) is 0.593. The summed E-state index contributed by atoms with van der Waals surface area (Å²) >= 11 is 12.2. The van der Waals surface area contributed by atoms with Gasteiger partial charge in [0.1, 0.15) is 17.7 Å². The molecule has 1 aliphatic heterocycles. The van der Waals surface area contributed by atoms with E-state index >= 15 is 0 Å². The molecule has 2 aromatic rings. The van der Waals surface area contributed by atoms with Crippen molar-refractivity contribution in [2.24, 2.45) is 5.73 Å². The third-order valence-electron chi connectivity index (χ3n) is 3.64. The van der Waals surface area contributed by atoms with Crippen LogP contribution in [0.3, 0.4) is 0 Å². The molecule has 0 saturated carbocycles. The molecule has 26 heavy (non-hydrogen) atoms.